The second-order valence-corrected chi connectivity index (χ2v) is 6.25. The monoisotopic (exact) mass is 367 g/mol. The van der Waals surface area contributed by atoms with Gasteiger partial charge in [-0.15, -0.1) is 0 Å². The summed E-state index contributed by atoms with van der Waals surface area (Å²) in [5.41, 5.74) is 3.79. The molecule has 0 aliphatic heterocycles. The number of halogens is 2. The minimum absolute atomic E-state index is 0.210. The second kappa shape index (κ2) is 8.02. The molecule has 0 aliphatic rings. The highest BCUT2D eigenvalue weighted by Gasteiger charge is 2.01. The SMILES string of the molecule is O=C(/C=C/c1ccc(Cl)c(Cl)c1)Nc1ccc(-c2ccccc2)cc1. The van der Waals surface area contributed by atoms with E-state index in [4.69, 9.17) is 23.2 Å². The third-order valence-corrected chi connectivity index (χ3v) is 4.37. The topological polar surface area (TPSA) is 29.1 Å². The average Bonchev–Trinajstić information content (AvgIpc) is 2.64. The number of carbonyl (C=O) groups is 1. The van der Waals surface area contributed by atoms with Gasteiger partial charge in [-0.2, -0.15) is 0 Å². The Morgan fingerprint density at radius 3 is 2.16 bits per heavy atom. The molecule has 0 heterocycles. The molecule has 0 aromatic heterocycles. The maximum Gasteiger partial charge on any atom is 0.248 e. The van der Waals surface area contributed by atoms with Crippen molar-refractivity contribution in [3.05, 3.63) is 94.5 Å². The van der Waals surface area contributed by atoms with Gasteiger partial charge in [-0.1, -0.05) is 71.7 Å². The fraction of sp³-hybridized carbons (Fsp3) is 0. The van der Waals surface area contributed by atoms with Crippen molar-refractivity contribution >= 4 is 40.9 Å². The molecule has 3 aromatic carbocycles. The van der Waals surface area contributed by atoms with Crippen molar-refractivity contribution in [3.63, 3.8) is 0 Å². The number of anilines is 1. The molecule has 1 amide bonds. The molecule has 0 aliphatic carbocycles. The van der Waals surface area contributed by atoms with Crippen LogP contribution in [0.2, 0.25) is 10.0 Å². The van der Waals surface area contributed by atoms with Gasteiger partial charge in [0.05, 0.1) is 10.0 Å². The van der Waals surface area contributed by atoms with Gasteiger partial charge in [-0.25, -0.2) is 0 Å². The summed E-state index contributed by atoms with van der Waals surface area (Å²) < 4.78 is 0. The van der Waals surface area contributed by atoms with Crippen LogP contribution >= 0.6 is 23.2 Å². The van der Waals surface area contributed by atoms with Crippen molar-refractivity contribution in [1.29, 1.82) is 0 Å². The lowest BCUT2D eigenvalue weighted by molar-refractivity contribution is -0.111. The number of amides is 1. The van der Waals surface area contributed by atoms with E-state index in [9.17, 15) is 4.79 Å². The van der Waals surface area contributed by atoms with Crippen molar-refractivity contribution in [2.24, 2.45) is 0 Å². The predicted molar refractivity (Wildman–Crippen MR) is 106 cm³/mol. The smallest absolute Gasteiger partial charge is 0.248 e. The number of nitrogens with one attached hydrogen (secondary N) is 1. The number of carbonyl (C=O) groups excluding carboxylic acids is 1. The summed E-state index contributed by atoms with van der Waals surface area (Å²) in [6.45, 7) is 0. The standard InChI is InChI=1S/C21H15Cl2NO/c22-19-12-6-15(14-20(19)23)7-13-21(25)24-18-10-8-17(9-11-18)16-4-2-1-3-5-16/h1-14H,(H,24,25)/b13-7+. The third-order valence-electron chi connectivity index (χ3n) is 3.63. The molecule has 3 aromatic rings. The third kappa shape index (κ3) is 4.72. The number of rotatable bonds is 4. The zero-order valence-corrected chi connectivity index (χ0v) is 14.8. The summed E-state index contributed by atoms with van der Waals surface area (Å²) in [7, 11) is 0. The lowest BCUT2D eigenvalue weighted by Crippen LogP contribution is -2.07. The van der Waals surface area contributed by atoms with E-state index in [0.29, 0.717) is 10.0 Å². The van der Waals surface area contributed by atoms with Crippen LogP contribution in [0.1, 0.15) is 5.56 Å². The Morgan fingerprint density at radius 2 is 1.48 bits per heavy atom. The number of hydrogen-bond donors (Lipinski definition) is 1. The summed E-state index contributed by atoms with van der Waals surface area (Å²) in [5, 5.41) is 3.78. The Kier molecular flexibility index (Phi) is 5.54. The fourth-order valence-corrected chi connectivity index (χ4v) is 2.66. The van der Waals surface area contributed by atoms with Gasteiger partial charge in [0.1, 0.15) is 0 Å². The zero-order valence-electron chi connectivity index (χ0n) is 13.2. The highest BCUT2D eigenvalue weighted by atomic mass is 35.5. The fourth-order valence-electron chi connectivity index (χ4n) is 2.35. The first-order valence-electron chi connectivity index (χ1n) is 7.71. The highest BCUT2D eigenvalue weighted by molar-refractivity contribution is 6.42. The van der Waals surface area contributed by atoms with Crippen LogP contribution in [0.5, 0.6) is 0 Å². The van der Waals surface area contributed by atoms with Crippen LogP contribution in [0.4, 0.5) is 5.69 Å². The molecule has 0 unspecified atom stereocenters. The first kappa shape index (κ1) is 17.3. The highest BCUT2D eigenvalue weighted by Crippen LogP contribution is 2.23. The molecular weight excluding hydrogens is 353 g/mol. The van der Waals surface area contributed by atoms with Crippen LogP contribution in [0, 0.1) is 0 Å². The molecule has 0 spiro atoms. The molecule has 0 radical (unpaired) electrons. The normalized spacial score (nSPS) is 10.8. The molecule has 0 atom stereocenters. The van der Waals surface area contributed by atoms with Crippen molar-refractivity contribution < 1.29 is 4.79 Å². The van der Waals surface area contributed by atoms with Crippen LogP contribution in [0.3, 0.4) is 0 Å². The van der Waals surface area contributed by atoms with Gasteiger partial charge in [0, 0.05) is 11.8 Å². The molecule has 2 nitrogen and oxygen atoms in total. The first-order valence-corrected chi connectivity index (χ1v) is 8.47. The van der Waals surface area contributed by atoms with Gasteiger partial charge in [-0.3, -0.25) is 4.79 Å². The Balaban J connectivity index is 1.64. The molecule has 1 N–H and O–H groups in total. The molecule has 0 saturated carbocycles. The Bertz CT molecular complexity index is 903. The minimum atomic E-state index is -0.210. The maximum absolute atomic E-state index is 12.0. The van der Waals surface area contributed by atoms with Crippen LogP contribution < -0.4 is 5.32 Å². The van der Waals surface area contributed by atoms with E-state index in [-0.39, 0.29) is 5.91 Å². The maximum atomic E-state index is 12.0. The van der Waals surface area contributed by atoms with E-state index in [2.05, 4.69) is 5.32 Å². The summed E-state index contributed by atoms with van der Waals surface area (Å²) in [5.74, 6) is -0.210. The molecule has 4 heteroatoms. The Morgan fingerprint density at radius 1 is 0.800 bits per heavy atom. The Labute approximate surface area is 156 Å². The summed E-state index contributed by atoms with van der Waals surface area (Å²) in [4.78, 5) is 12.0. The van der Waals surface area contributed by atoms with E-state index in [1.807, 2.05) is 54.6 Å². The van der Waals surface area contributed by atoms with Crippen LogP contribution in [0.15, 0.2) is 78.9 Å². The van der Waals surface area contributed by atoms with Crippen molar-refractivity contribution in [1.82, 2.24) is 0 Å². The van der Waals surface area contributed by atoms with Crippen molar-refractivity contribution in [3.8, 4) is 11.1 Å². The van der Waals surface area contributed by atoms with Gasteiger partial charge in [0.15, 0.2) is 0 Å². The lowest BCUT2D eigenvalue weighted by Gasteiger charge is -2.05. The molecular formula is C21H15Cl2NO. The van der Waals surface area contributed by atoms with Crippen molar-refractivity contribution in [2.75, 3.05) is 5.32 Å². The van der Waals surface area contributed by atoms with E-state index < -0.39 is 0 Å². The van der Waals surface area contributed by atoms with Gasteiger partial charge < -0.3 is 5.32 Å². The zero-order chi connectivity index (χ0) is 17.6. The van der Waals surface area contributed by atoms with Gasteiger partial charge in [0.25, 0.3) is 0 Å². The van der Waals surface area contributed by atoms with Gasteiger partial charge in [-0.05, 0) is 47.0 Å². The van der Waals surface area contributed by atoms with Crippen LogP contribution in [0.25, 0.3) is 17.2 Å². The van der Waals surface area contributed by atoms with Crippen LogP contribution in [-0.4, -0.2) is 5.91 Å². The van der Waals surface area contributed by atoms with E-state index >= 15 is 0 Å². The lowest BCUT2D eigenvalue weighted by atomic mass is 10.1. The quantitative estimate of drug-likeness (QED) is 0.537. The predicted octanol–water partition coefficient (Wildman–Crippen LogP) is 6.31. The van der Waals surface area contributed by atoms with E-state index in [1.165, 1.54) is 6.08 Å². The molecule has 3 rings (SSSR count). The average molecular weight is 368 g/mol. The van der Waals surface area contributed by atoms with Gasteiger partial charge >= 0.3 is 0 Å². The second-order valence-electron chi connectivity index (χ2n) is 5.44. The molecule has 25 heavy (non-hydrogen) atoms. The minimum Gasteiger partial charge on any atom is -0.323 e. The summed E-state index contributed by atoms with van der Waals surface area (Å²) in [6, 6.07) is 23.0. The largest absolute Gasteiger partial charge is 0.323 e. The molecule has 0 saturated heterocycles. The number of benzene rings is 3. The molecule has 0 bridgehead atoms. The number of hydrogen-bond acceptors (Lipinski definition) is 1. The summed E-state index contributed by atoms with van der Waals surface area (Å²) in [6.07, 6.45) is 3.15. The van der Waals surface area contributed by atoms with Crippen molar-refractivity contribution in [2.45, 2.75) is 0 Å². The molecule has 0 fully saturated rings. The van der Waals surface area contributed by atoms with E-state index in [0.717, 1.165) is 22.4 Å². The van der Waals surface area contributed by atoms with E-state index in [1.54, 1.807) is 24.3 Å². The van der Waals surface area contributed by atoms with Crippen LogP contribution in [-0.2, 0) is 4.79 Å². The Hall–Kier alpha value is -2.55. The first-order chi connectivity index (χ1) is 12.1. The molecule has 124 valence electrons. The summed E-state index contributed by atoms with van der Waals surface area (Å²) >= 11 is 11.8. The van der Waals surface area contributed by atoms with Gasteiger partial charge in [0.2, 0.25) is 5.91 Å².